The van der Waals surface area contributed by atoms with Crippen molar-refractivity contribution in [3.8, 4) is 0 Å². The number of methoxy groups -OCH3 is 1. The maximum absolute atomic E-state index is 13.1. The van der Waals surface area contributed by atoms with Crippen LogP contribution in [0.2, 0.25) is 0 Å². The minimum atomic E-state index is -0.298. The van der Waals surface area contributed by atoms with E-state index in [1.165, 1.54) is 4.40 Å². The fraction of sp³-hybridized carbons (Fsp3) is 0.400. The van der Waals surface area contributed by atoms with Gasteiger partial charge in [0.05, 0.1) is 13.2 Å². The number of fused-ring (bicyclic) bond motifs is 2. The van der Waals surface area contributed by atoms with Gasteiger partial charge in [0.2, 0.25) is 11.5 Å². The van der Waals surface area contributed by atoms with E-state index in [9.17, 15) is 9.59 Å². The van der Waals surface area contributed by atoms with E-state index < -0.39 is 0 Å². The highest BCUT2D eigenvalue weighted by atomic mass is 16.5. The first kappa shape index (κ1) is 19.8. The number of carbonyl (C=O) groups excluding carboxylic acids is 1. The maximum atomic E-state index is 13.1. The van der Waals surface area contributed by atoms with Crippen LogP contribution in [0.1, 0.15) is 35.7 Å². The van der Waals surface area contributed by atoms with Crippen molar-refractivity contribution >= 4 is 28.4 Å². The van der Waals surface area contributed by atoms with Gasteiger partial charge in [0.15, 0.2) is 0 Å². The number of pyridine rings is 2. The van der Waals surface area contributed by atoms with Crippen molar-refractivity contribution in [1.29, 1.82) is 0 Å². The van der Waals surface area contributed by atoms with Crippen molar-refractivity contribution in [2.24, 2.45) is 0 Å². The summed E-state index contributed by atoms with van der Waals surface area (Å²) in [5.74, 6) is -0.0314. The van der Waals surface area contributed by atoms with Crippen LogP contribution in [-0.4, -0.2) is 35.6 Å². The van der Waals surface area contributed by atoms with Gasteiger partial charge in [-0.15, -0.1) is 0 Å². The molecule has 8 nitrogen and oxygen atoms in total. The number of amides is 1. The molecule has 3 aromatic heterocycles. The molecule has 0 aromatic carbocycles. The van der Waals surface area contributed by atoms with Crippen LogP contribution >= 0.6 is 0 Å². The molecule has 0 bridgehead atoms. The standard InChI is InChI=1S/C20H25N5O3/c1-4-5-8-22-19(26)14-12-15-18(24(16(14)21)10-11-28-3)23-17-13(2)7-6-9-25(17)20(15)27/h6-7,9,12,21H,4-5,8,10-11H2,1-3H3,(H,22,26)/p+1. The van der Waals surface area contributed by atoms with Crippen LogP contribution in [0.5, 0.6) is 0 Å². The van der Waals surface area contributed by atoms with Gasteiger partial charge in [0, 0.05) is 25.4 Å². The molecule has 0 aliphatic rings. The monoisotopic (exact) mass is 384 g/mol. The van der Waals surface area contributed by atoms with Gasteiger partial charge in [-0.1, -0.05) is 24.4 Å². The Morgan fingerprint density at radius 2 is 2.21 bits per heavy atom. The highest BCUT2D eigenvalue weighted by Gasteiger charge is 2.24. The normalized spacial score (nSPS) is 11.2. The van der Waals surface area contributed by atoms with Crippen LogP contribution in [-0.2, 0) is 11.3 Å². The predicted octanol–water partition coefficient (Wildman–Crippen LogP) is 1.20. The molecule has 0 spiro atoms. The van der Waals surface area contributed by atoms with E-state index in [-0.39, 0.29) is 22.8 Å². The molecule has 0 atom stereocenters. The average molecular weight is 384 g/mol. The smallest absolute Gasteiger partial charge is 0.278 e. The van der Waals surface area contributed by atoms with Crippen molar-refractivity contribution in [2.75, 3.05) is 26.0 Å². The van der Waals surface area contributed by atoms with E-state index in [2.05, 4.69) is 17.2 Å². The zero-order chi connectivity index (χ0) is 20.3. The molecule has 3 rings (SSSR count). The first-order valence-electron chi connectivity index (χ1n) is 9.40. The van der Waals surface area contributed by atoms with Gasteiger partial charge in [0.1, 0.15) is 10.9 Å². The number of aromatic nitrogens is 3. The quantitative estimate of drug-likeness (QED) is 0.362. The summed E-state index contributed by atoms with van der Waals surface area (Å²) in [4.78, 5) is 30.5. The zero-order valence-electron chi connectivity index (χ0n) is 16.5. The molecule has 148 valence electrons. The molecular weight excluding hydrogens is 358 g/mol. The van der Waals surface area contributed by atoms with Crippen molar-refractivity contribution in [3.63, 3.8) is 0 Å². The Kier molecular flexibility index (Phi) is 5.89. The molecule has 3 heterocycles. The SMILES string of the molecule is CCCCNC(=O)c1cc2c(=O)n3cccc(C)c3nc2[n+](CCOC)c1N. The summed E-state index contributed by atoms with van der Waals surface area (Å²) >= 11 is 0. The molecule has 3 aromatic rings. The first-order valence-corrected chi connectivity index (χ1v) is 9.40. The topological polar surface area (TPSA) is 103 Å². The predicted molar refractivity (Wildman–Crippen MR) is 107 cm³/mol. The lowest BCUT2D eigenvalue weighted by Crippen LogP contribution is -2.44. The molecule has 28 heavy (non-hydrogen) atoms. The molecule has 0 saturated carbocycles. The Morgan fingerprint density at radius 1 is 1.43 bits per heavy atom. The van der Waals surface area contributed by atoms with E-state index in [0.29, 0.717) is 36.4 Å². The summed E-state index contributed by atoms with van der Waals surface area (Å²) in [7, 11) is 1.59. The lowest BCUT2D eigenvalue weighted by atomic mass is 10.1. The Labute approximate surface area is 163 Å². The van der Waals surface area contributed by atoms with Crippen molar-refractivity contribution in [2.45, 2.75) is 33.2 Å². The Hall–Kier alpha value is -3.00. The number of aryl methyl sites for hydroxylation is 1. The summed E-state index contributed by atoms with van der Waals surface area (Å²) in [5, 5.41) is 3.20. The molecule has 0 saturated heterocycles. The van der Waals surface area contributed by atoms with Gasteiger partial charge < -0.3 is 15.8 Å². The van der Waals surface area contributed by atoms with Crippen molar-refractivity contribution in [3.05, 3.63) is 45.9 Å². The number of nitrogens with one attached hydrogen (secondary N) is 1. The largest absolute Gasteiger partial charge is 0.381 e. The zero-order valence-corrected chi connectivity index (χ0v) is 16.5. The lowest BCUT2D eigenvalue weighted by Gasteiger charge is -2.12. The number of nitrogens with zero attached hydrogens (tertiary/aromatic N) is 3. The van der Waals surface area contributed by atoms with Gasteiger partial charge in [0.25, 0.3) is 17.1 Å². The number of unbranched alkanes of at least 4 members (excludes halogenated alkanes) is 1. The van der Waals surface area contributed by atoms with Crippen LogP contribution < -0.4 is 21.2 Å². The third-order valence-electron chi connectivity index (χ3n) is 4.75. The number of nitrogens with two attached hydrogens (primary N) is 1. The Balaban J connectivity index is 2.28. The van der Waals surface area contributed by atoms with Crippen LogP contribution in [0.4, 0.5) is 5.82 Å². The molecule has 0 radical (unpaired) electrons. The number of carbonyl (C=O) groups is 1. The Bertz CT molecular complexity index is 1090. The van der Waals surface area contributed by atoms with E-state index in [1.54, 1.807) is 30.0 Å². The number of hydrogen-bond donors (Lipinski definition) is 2. The second kappa shape index (κ2) is 8.35. The van der Waals surface area contributed by atoms with Gasteiger partial charge in [-0.05, 0) is 25.5 Å². The van der Waals surface area contributed by atoms with Gasteiger partial charge in [-0.3, -0.25) is 14.0 Å². The molecule has 1 amide bonds. The lowest BCUT2D eigenvalue weighted by molar-refractivity contribution is -0.660. The maximum Gasteiger partial charge on any atom is 0.278 e. The van der Waals surface area contributed by atoms with E-state index >= 15 is 0 Å². The summed E-state index contributed by atoms with van der Waals surface area (Å²) in [6.07, 6.45) is 3.52. The highest BCUT2D eigenvalue weighted by molar-refractivity contribution is 6.00. The van der Waals surface area contributed by atoms with Crippen LogP contribution in [0, 0.1) is 6.92 Å². The number of nitrogen functional groups attached to an aromatic ring is 1. The molecule has 0 fully saturated rings. The van der Waals surface area contributed by atoms with Crippen LogP contribution in [0.25, 0.3) is 16.7 Å². The third-order valence-corrected chi connectivity index (χ3v) is 4.75. The number of ether oxygens (including phenoxy) is 1. The third kappa shape index (κ3) is 3.55. The first-order chi connectivity index (χ1) is 13.5. The molecule has 0 unspecified atom stereocenters. The van der Waals surface area contributed by atoms with E-state index in [0.717, 1.165) is 18.4 Å². The molecular formula is C20H26N5O3+. The second-order valence-electron chi connectivity index (χ2n) is 6.74. The fourth-order valence-corrected chi connectivity index (χ4v) is 3.17. The molecule has 3 N–H and O–H groups in total. The minimum Gasteiger partial charge on any atom is -0.381 e. The summed E-state index contributed by atoms with van der Waals surface area (Å²) in [6.45, 7) is 5.25. The van der Waals surface area contributed by atoms with Gasteiger partial charge >= 0.3 is 0 Å². The second-order valence-corrected chi connectivity index (χ2v) is 6.74. The van der Waals surface area contributed by atoms with Crippen molar-refractivity contribution in [1.82, 2.24) is 14.7 Å². The van der Waals surface area contributed by atoms with Gasteiger partial charge in [-0.2, -0.15) is 0 Å². The number of hydrogen-bond acceptors (Lipinski definition) is 5. The minimum absolute atomic E-state index is 0.238. The molecule has 0 aliphatic carbocycles. The number of anilines is 1. The fourth-order valence-electron chi connectivity index (χ4n) is 3.17. The molecule has 0 aliphatic heterocycles. The molecule has 8 heteroatoms. The Morgan fingerprint density at radius 3 is 2.93 bits per heavy atom. The van der Waals surface area contributed by atoms with Gasteiger partial charge in [-0.25, -0.2) is 4.57 Å². The number of rotatable bonds is 7. The summed E-state index contributed by atoms with van der Waals surface area (Å²) in [5.41, 5.74) is 8.24. The van der Waals surface area contributed by atoms with Crippen molar-refractivity contribution < 1.29 is 14.1 Å². The van der Waals surface area contributed by atoms with Crippen LogP contribution in [0.3, 0.4) is 0 Å². The summed E-state index contributed by atoms with van der Waals surface area (Å²) in [6, 6.07) is 5.23. The summed E-state index contributed by atoms with van der Waals surface area (Å²) < 4.78 is 8.36. The van der Waals surface area contributed by atoms with E-state index in [4.69, 9.17) is 10.5 Å². The average Bonchev–Trinajstić information content (AvgIpc) is 2.68. The highest BCUT2D eigenvalue weighted by Crippen LogP contribution is 2.15. The van der Waals surface area contributed by atoms with Crippen LogP contribution in [0.15, 0.2) is 29.2 Å². The van der Waals surface area contributed by atoms with E-state index in [1.807, 2.05) is 13.0 Å².